The number of hydrogen-bond donors (Lipinski definition) is 1. The van der Waals surface area contributed by atoms with E-state index in [0.717, 1.165) is 38.3 Å². The average molecular weight is 398 g/mol. The molecule has 2 aromatic carbocycles. The molecular formula is C21H26N4O4. The van der Waals surface area contributed by atoms with E-state index in [1.807, 2.05) is 25.1 Å². The number of nitro groups is 1. The number of benzene rings is 2. The molecule has 1 N–H and O–H groups in total. The van der Waals surface area contributed by atoms with Crippen molar-refractivity contribution in [3.8, 4) is 5.75 Å². The van der Waals surface area contributed by atoms with Crippen LogP contribution in [-0.2, 0) is 0 Å². The summed E-state index contributed by atoms with van der Waals surface area (Å²) in [7, 11) is 1.36. The van der Waals surface area contributed by atoms with Crippen LogP contribution in [0.5, 0.6) is 5.75 Å². The number of nitrogens with zero attached hydrogens (tertiary/aromatic N) is 3. The number of nitrogens with one attached hydrogen (secondary N) is 1. The molecule has 0 spiro atoms. The molecule has 0 atom stereocenters. The molecular weight excluding hydrogens is 372 g/mol. The van der Waals surface area contributed by atoms with E-state index < -0.39 is 10.8 Å². The van der Waals surface area contributed by atoms with E-state index in [1.165, 1.54) is 31.0 Å². The molecule has 0 aromatic heterocycles. The van der Waals surface area contributed by atoms with Gasteiger partial charge >= 0.3 is 5.69 Å². The highest BCUT2D eigenvalue weighted by Crippen LogP contribution is 2.29. The maximum atomic E-state index is 12.6. The summed E-state index contributed by atoms with van der Waals surface area (Å²) >= 11 is 0. The molecule has 1 aliphatic rings. The number of piperazine rings is 1. The van der Waals surface area contributed by atoms with Gasteiger partial charge in [-0.1, -0.05) is 6.92 Å². The summed E-state index contributed by atoms with van der Waals surface area (Å²) in [5.74, 6) is -0.283. The smallest absolute Gasteiger partial charge is 0.311 e. The van der Waals surface area contributed by atoms with Gasteiger partial charge in [0, 0.05) is 49.2 Å². The minimum absolute atomic E-state index is 0.120. The number of ether oxygens (including phenoxy) is 1. The van der Waals surface area contributed by atoms with Gasteiger partial charge in [-0.3, -0.25) is 14.9 Å². The van der Waals surface area contributed by atoms with E-state index >= 15 is 0 Å². The molecule has 154 valence electrons. The molecule has 0 radical (unpaired) electrons. The van der Waals surface area contributed by atoms with Crippen molar-refractivity contribution < 1.29 is 14.5 Å². The van der Waals surface area contributed by atoms with Crippen LogP contribution in [0, 0.1) is 17.0 Å². The normalized spacial score (nSPS) is 14.5. The summed E-state index contributed by atoms with van der Waals surface area (Å²) in [6.45, 7) is 9.33. The highest BCUT2D eigenvalue weighted by atomic mass is 16.6. The Morgan fingerprint density at radius 2 is 1.90 bits per heavy atom. The lowest BCUT2D eigenvalue weighted by atomic mass is 10.1. The predicted molar refractivity (Wildman–Crippen MR) is 113 cm³/mol. The molecule has 1 saturated heterocycles. The Balaban J connectivity index is 1.72. The van der Waals surface area contributed by atoms with Crippen LogP contribution < -0.4 is 15.0 Å². The summed E-state index contributed by atoms with van der Waals surface area (Å²) in [5, 5.41) is 14.0. The highest BCUT2D eigenvalue weighted by molar-refractivity contribution is 6.05. The zero-order valence-electron chi connectivity index (χ0n) is 17.0. The Morgan fingerprint density at radius 1 is 1.17 bits per heavy atom. The second kappa shape index (κ2) is 8.91. The fourth-order valence-corrected chi connectivity index (χ4v) is 3.57. The SMILES string of the molecule is CCN1CCN(c2ccc(NC(=O)c3ccc(OC)c([N+](=O)[O-])c3)cc2C)CC1. The van der Waals surface area contributed by atoms with Crippen molar-refractivity contribution in [2.24, 2.45) is 0 Å². The maximum absolute atomic E-state index is 12.6. The third-order valence-electron chi connectivity index (χ3n) is 5.25. The largest absolute Gasteiger partial charge is 0.490 e. The third kappa shape index (κ3) is 4.65. The fraction of sp³-hybridized carbons (Fsp3) is 0.381. The Kier molecular flexibility index (Phi) is 6.33. The molecule has 1 aliphatic heterocycles. The number of hydrogen-bond acceptors (Lipinski definition) is 6. The van der Waals surface area contributed by atoms with E-state index in [2.05, 4.69) is 22.0 Å². The summed E-state index contributed by atoms with van der Waals surface area (Å²) < 4.78 is 4.98. The molecule has 8 nitrogen and oxygen atoms in total. The molecule has 2 aromatic rings. The first-order chi connectivity index (χ1) is 13.9. The van der Waals surface area contributed by atoms with E-state index in [4.69, 9.17) is 4.74 Å². The first-order valence-electron chi connectivity index (χ1n) is 9.64. The Hall–Kier alpha value is -3.13. The lowest BCUT2D eigenvalue weighted by Crippen LogP contribution is -2.46. The van der Waals surface area contributed by atoms with Crippen molar-refractivity contribution >= 4 is 23.0 Å². The van der Waals surface area contributed by atoms with Gasteiger partial charge in [0.05, 0.1) is 12.0 Å². The topological polar surface area (TPSA) is 88.0 Å². The number of anilines is 2. The lowest BCUT2D eigenvalue weighted by molar-refractivity contribution is -0.385. The van der Waals surface area contributed by atoms with Crippen molar-refractivity contribution in [3.63, 3.8) is 0 Å². The van der Waals surface area contributed by atoms with Crippen LogP contribution in [0.1, 0.15) is 22.8 Å². The molecule has 0 unspecified atom stereocenters. The van der Waals surface area contributed by atoms with E-state index in [1.54, 1.807) is 0 Å². The van der Waals surface area contributed by atoms with E-state index in [9.17, 15) is 14.9 Å². The number of carbonyl (C=O) groups excluding carboxylic acids is 1. The van der Waals surface area contributed by atoms with Gasteiger partial charge in [0.15, 0.2) is 5.75 Å². The molecule has 0 saturated carbocycles. The summed E-state index contributed by atoms with van der Waals surface area (Å²) in [4.78, 5) is 28.0. The number of amides is 1. The molecule has 29 heavy (non-hydrogen) atoms. The van der Waals surface area contributed by atoms with Gasteiger partial charge in [-0.05, 0) is 49.4 Å². The van der Waals surface area contributed by atoms with Crippen molar-refractivity contribution in [2.75, 3.05) is 50.1 Å². The predicted octanol–water partition coefficient (Wildman–Crippen LogP) is 3.31. The van der Waals surface area contributed by atoms with Crippen LogP contribution in [0.4, 0.5) is 17.1 Å². The van der Waals surface area contributed by atoms with Crippen LogP contribution in [0.3, 0.4) is 0 Å². The molecule has 1 fully saturated rings. The van der Waals surface area contributed by atoms with Gasteiger partial charge in [0.25, 0.3) is 5.91 Å². The Morgan fingerprint density at radius 3 is 2.48 bits per heavy atom. The van der Waals surface area contributed by atoms with Crippen LogP contribution in [0.25, 0.3) is 0 Å². The molecule has 3 rings (SSSR count). The first kappa shape index (κ1) is 20.6. The fourth-order valence-electron chi connectivity index (χ4n) is 3.57. The van der Waals surface area contributed by atoms with Crippen LogP contribution in [0.2, 0.25) is 0 Å². The highest BCUT2D eigenvalue weighted by Gasteiger charge is 2.20. The number of rotatable bonds is 6. The molecule has 0 aliphatic carbocycles. The molecule has 8 heteroatoms. The zero-order chi connectivity index (χ0) is 21.0. The molecule has 1 heterocycles. The monoisotopic (exact) mass is 398 g/mol. The van der Waals surface area contributed by atoms with Crippen molar-refractivity contribution in [3.05, 3.63) is 57.6 Å². The Labute approximate surface area is 170 Å². The lowest BCUT2D eigenvalue weighted by Gasteiger charge is -2.36. The van der Waals surface area contributed by atoms with Gasteiger partial charge in [-0.2, -0.15) is 0 Å². The number of aryl methyl sites for hydroxylation is 1. The average Bonchev–Trinajstić information content (AvgIpc) is 2.73. The molecule has 0 bridgehead atoms. The maximum Gasteiger partial charge on any atom is 0.311 e. The summed E-state index contributed by atoms with van der Waals surface area (Å²) in [5.41, 5.74) is 2.86. The summed E-state index contributed by atoms with van der Waals surface area (Å²) in [6.07, 6.45) is 0. The Bertz CT molecular complexity index is 908. The third-order valence-corrected chi connectivity index (χ3v) is 5.25. The van der Waals surface area contributed by atoms with Gasteiger partial charge in [0.1, 0.15) is 0 Å². The summed E-state index contributed by atoms with van der Waals surface area (Å²) in [6, 6.07) is 9.97. The molecule has 1 amide bonds. The second-order valence-electron chi connectivity index (χ2n) is 7.02. The minimum Gasteiger partial charge on any atom is -0.490 e. The van der Waals surface area contributed by atoms with Gasteiger partial charge in [0.2, 0.25) is 0 Å². The van der Waals surface area contributed by atoms with Gasteiger partial charge < -0.3 is 19.9 Å². The second-order valence-corrected chi connectivity index (χ2v) is 7.02. The number of nitro benzene ring substituents is 1. The number of methoxy groups -OCH3 is 1. The minimum atomic E-state index is -0.563. The number of carbonyl (C=O) groups is 1. The number of likely N-dealkylation sites (N-methyl/N-ethyl adjacent to an activating group) is 1. The van der Waals surface area contributed by atoms with Crippen LogP contribution >= 0.6 is 0 Å². The van der Waals surface area contributed by atoms with Gasteiger partial charge in [-0.15, -0.1) is 0 Å². The zero-order valence-corrected chi connectivity index (χ0v) is 17.0. The van der Waals surface area contributed by atoms with Crippen molar-refractivity contribution in [1.29, 1.82) is 0 Å². The van der Waals surface area contributed by atoms with Gasteiger partial charge in [-0.25, -0.2) is 0 Å². The van der Waals surface area contributed by atoms with Crippen LogP contribution in [0.15, 0.2) is 36.4 Å². The van der Waals surface area contributed by atoms with E-state index in [-0.39, 0.29) is 17.0 Å². The standard InChI is InChI=1S/C21H26N4O4/c1-4-23-9-11-24(12-10-23)18-7-6-17(13-15(18)2)22-21(26)16-5-8-20(29-3)19(14-16)25(27)28/h5-8,13-14H,4,9-12H2,1-3H3,(H,22,26). The van der Waals surface area contributed by atoms with Crippen molar-refractivity contribution in [1.82, 2.24) is 4.90 Å². The van der Waals surface area contributed by atoms with Crippen LogP contribution in [-0.4, -0.2) is 55.6 Å². The van der Waals surface area contributed by atoms with E-state index in [0.29, 0.717) is 5.69 Å². The quantitative estimate of drug-likeness (QED) is 0.593. The van der Waals surface area contributed by atoms with Crippen molar-refractivity contribution in [2.45, 2.75) is 13.8 Å². The first-order valence-corrected chi connectivity index (χ1v) is 9.64.